The number of carboxylic acid groups (broad SMARTS) is 1. The number of carboxylic acids is 1. The van der Waals surface area contributed by atoms with Gasteiger partial charge in [0.05, 0.1) is 11.3 Å². The predicted molar refractivity (Wildman–Crippen MR) is 61.2 cm³/mol. The van der Waals surface area contributed by atoms with Crippen LogP contribution in [0.25, 0.3) is 0 Å². The predicted octanol–water partition coefficient (Wildman–Crippen LogP) is 2.25. The van der Waals surface area contributed by atoms with Gasteiger partial charge < -0.3 is 10.8 Å². The molecule has 0 bridgehead atoms. The van der Waals surface area contributed by atoms with E-state index in [2.05, 4.69) is 18.8 Å². The Balaban J connectivity index is 2.88. The molecule has 3 N–H and O–H groups in total. The van der Waals surface area contributed by atoms with Gasteiger partial charge in [-0.05, 0) is 12.5 Å². The number of hydrogen-bond donors (Lipinski definition) is 2. The maximum absolute atomic E-state index is 10.6. The Morgan fingerprint density at radius 2 is 2.40 bits per heavy atom. The van der Waals surface area contributed by atoms with Gasteiger partial charge in [0.2, 0.25) is 0 Å². The summed E-state index contributed by atoms with van der Waals surface area (Å²) < 4.78 is 0. The van der Waals surface area contributed by atoms with Crippen LogP contribution >= 0.6 is 11.8 Å². The highest BCUT2D eigenvalue weighted by molar-refractivity contribution is 8.00. The molecular weight excluding hydrogens is 212 g/mol. The third-order valence-corrected chi connectivity index (χ3v) is 3.31. The van der Waals surface area contributed by atoms with Gasteiger partial charge in [-0.15, -0.1) is 11.8 Å². The first-order valence-corrected chi connectivity index (χ1v) is 5.58. The topological polar surface area (TPSA) is 76.2 Å². The van der Waals surface area contributed by atoms with Crippen LogP contribution in [0.1, 0.15) is 30.6 Å². The lowest BCUT2D eigenvalue weighted by Crippen LogP contribution is -2.02. The van der Waals surface area contributed by atoms with Gasteiger partial charge in [0, 0.05) is 11.4 Å². The SMILES string of the molecule is CCC(C)Sc1ncc(C(=O)O)cc1N. The molecule has 1 atom stereocenters. The van der Waals surface area contributed by atoms with Crippen molar-refractivity contribution in [2.45, 2.75) is 30.5 Å². The maximum atomic E-state index is 10.6. The van der Waals surface area contributed by atoms with Crippen LogP contribution in [0.3, 0.4) is 0 Å². The van der Waals surface area contributed by atoms with E-state index in [0.717, 1.165) is 6.42 Å². The normalized spacial score (nSPS) is 12.4. The molecule has 1 rings (SSSR count). The Bertz CT molecular complexity index is 368. The summed E-state index contributed by atoms with van der Waals surface area (Å²) in [7, 11) is 0. The molecule has 4 nitrogen and oxygen atoms in total. The van der Waals surface area contributed by atoms with E-state index in [1.165, 1.54) is 12.3 Å². The van der Waals surface area contributed by atoms with Crippen LogP contribution in [0.5, 0.6) is 0 Å². The van der Waals surface area contributed by atoms with Crippen LogP contribution in [0, 0.1) is 0 Å². The van der Waals surface area contributed by atoms with Gasteiger partial charge in [0.15, 0.2) is 0 Å². The second-order valence-electron chi connectivity index (χ2n) is 3.26. The highest BCUT2D eigenvalue weighted by Gasteiger charge is 2.10. The Morgan fingerprint density at radius 3 is 2.87 bits per heavy atom. The summed E-state index contributed by atoms with van der Waals surface area (Å²) in [5.41, 5.74) is 6.27. The fraction of sp³-hybridized carbons (Fsp3) is 0.400. The molecule has 1 aromatic heterocycles. The molecular formula is C10H14N2O2S. The van der Waals surface area contributed by atoms with Crippen molar-refractivity contribution in [3.8, 4) is 0 Å². The standard InChI is InChI=1S/C10H14N2O2S/c1-3-6(2)15-9-8(11)4-7(5-12-9)10(13)14/h4-6H,3,11H2,1-2H3,(H,13,14). The first-order valence-electron chi connectivity index (χ1n) is 4.70. The quantitative estimate of drug-likeness (QED) is 0.770. The third kappa shape index (κ3) is 3.13. The van der Waals surface area contributed by atoms with Crippen molar-refractivity contribution in [3.05, 3.63) is 17.8 Å². The zero-order valence-electron chi connectivity index (χ0n) is 8.73. The number of aromatic carboxylic acids is 1. The molecule has 0 aliphatic heterocycles. The number of aromatic nitrogens is 1. The van der Waals surface area contributed by atoms with E-state index in [9.17, 15) is 4.79 Å². The van der Waals surface area contributed by atoms with E-state index >= 15 is 0 Å². The number of rotatable bonds is 4. The molecule has 1 heterocycles. The molecule has 0 radical (unpaired) electrons. The van der Waals surface area contributed by atoms with Crippen LogP contribution < -0.4 is 5.73 Å². The van der Waals surface area contributed by atoms with Gasteiger partial charge in [-0.1, -0.05) is 13.8 Å². The molecule has 0 amide bonds. The van der Waals surface area contributed by atoms with E-state index in [1.807, 2.05) is 0 Å². The summed E-state index contributed by atoms with van der Waals surface area (Å²) in [5, 5.41) is 9.86. The Hall–Kier alpha value is -1.23. The largest absolute Gasteiger partial charge is 0.478 e. The lowest BCUT2D eigenvalue weighted by atomic mass is 10.3. The van der Waals surface area contributed by atoms with Gasteiger partial charge in [0.1, 0.15) is 5.03 Å². The fourth-order valence-corrected chi connectivity index (χ4v) is 1.81. The summed E-state index contributed by atoms with van der Waals surface area (Å²) in [6, 6.07) is 1.44. The molecule has 5 heteroatoms. The minimum absolute atomic E-state index is 0.126. The zero-order chi connectivity index (χ0) is 11.4. The lowest BCUT2D eigenvalue weighted by Gasteiger charge is -2.09. The molecule has 0 aromatic carbocycles. The van der Waals surface area contributed by atoms with Gasteiger partial charge in [-0.25, -0.2) is 9.78 Å². The van der Waals surface area contributed by atoms with Crippen LogP contribution in [-0.4, -0.2) is 21.3 Å². The Labute approximate surface area is 92.9 Å². The second kappa shape index (κ2) is 5.02. The molecule has 1 unspecified atom stereocenters. The lowest BCUT2D eigenvalue weighted by molar-refractivity contribution is 0.0696. The number of pyridine rings is 1. The Morgan fingerprint density at radius 1 is 1.73 bits per heavy atom. The van der Waals surface area contributed by atoms with Crippen molar-refractivity contribution < 1.29 is 9.90 Å². The van der Waals surface area contributed by atoms with Crippen LogP contribution in [0.2, 0.25) is 0 Å². The minimum Gasteiger partial charge on any atom is -0.478 e. The zero-order valence-corrected chi connectivity index (χ0v) is 9.54. The molecule has 0 saturated carbocycles. The number of nitrogens with two attached hydrogens (primary N) is 1. The maximum Gasteiger partial charge on any atom is 0.337 e. The summed E-state index contributed by atoms with van der Waals surface area (Å²) >= 11 is 1.56. The average Bonchev–Trinajstić information content (AvgIpc) is 2.20. The molecule has 0 fully saturated rings. The monoisotopic (exact) mass is 226 g/mol. The fourth-order valence-electron chi connectivity index (χ4n) is 0.959. The van der Waals surface area contributed by atoms with Gasteiger partial charge in [-0.2, -0.15) is 0 Å². The van der Waals surface area contributed by atoms with Gasteiger partial charge in [0.25, 0.3) is 0 Å². The number of nitrogen functional groups attached to an aromatic ring is 1. The minimum atomic E-state index is -1.01. The molecule has 0 spiro atoms. The Kier molecular flexibility index (Phi) is 3.96. The highest BCUT2D eigenvalue weighted by atomic mass is 32.2. The summed E-state index contributed by atoms with van der Waals surface area (Å²) in [5.74, 6) is -1.01. The van der Waals surface area contributed by atoms with Gasteiger partial charge in [-0.3, -0.25) is 0 Å². The van der Waals surface area contributed by atoms with Crippen molar-refractivity contribution >= 4 is 23.4 Å². The second-order valence-corrected chi connectivity index (χ2v) is 4.69. The van der Waals surface area contributed by atoms with Crippen LogP contribution in [0.4, 0.5) is 5.69 Å². The summed E-state index contributed by atoms with van der Waals surface area (Å²) in [6.07, 6.45) is 2.36. The molecule has 1 aromatic rings. The van der Waals surface area contributed by atoms with Gasteiger partial charge >= 0.3 is 5.97 Å². The number of nitrogens with zero attached hydrogens (tertiary/aromatic N) is 1. The van der Waals surface area contributed by atoms with E-state index in [4.69, 9.17) is 10.8 Å². The summed E-state index contributed by atoms with van der Waals surface area (Å²) in [6.45, 7) is 4.16. The smallest absolute Gasteiger partial charge is 0.337 e. The molecule has 0 aliphatic carbocycles. The van der Waals surface area contributed by atoms with E-state index < -0.39 is 5.97 Å². The third-order valence-electron chi connectivity index (χ3n) is 2.01. The molecule has 0 saturated heterocycles. The average molecular weight is 226 g/mol. The van der Waals surface area contributed by atoms with Crippen molar-refractivity contribution in [2.75, 3.05) is 5.73 Å². The van der Waals surface area contributed by atoms with Crippen LogP contribution in [0.15, 0.2) is 17.3 Å². The van der Waals surface area contributed by atoms with Crippen molar-refractivity contribution in [1.82, 2.24) is 4.98 Å². The summed E-state index contributed by atoms with van der Waals surface area (Å²) in [4.78, 5) is 14.7. The molecule has 15 heavy (non-hydrogen) atoms. The number of thioether (sulfide) groups is 1. The van der Waals surface area contributed by atoms with Crippen molar-refractivity contribution in [1.29, 1.82) is 0 Å². The van der Waals surface area contributed by atoms with E-state index in [0.29, 0.717) is 16.0 Å². The van der Waals surface area contributed by atoms with Crippen molar-refractivity contribution in [3.63, 3.8) is 0 Å². The highest BCUT2D eigenvalue weighted by Crippen LogP contribution is 2.28. The van der Waals surface area contributed by atoms with Crippen LogP contribution in [-0.2, 0) is 0 Å². The molecule has 82 valence electrons. The van der Waals surface area contributed by atoms with Crippen molar-refractivity contribution in [2.24, 2.45) is 0 Å². The van der Waals surface area contributed by atoms with E-state index in [1.54, 1.807) is 11.8 Å². The number of anilines is 1. The first-order chi connectivity index (χ1) is 7.04. The number of hydrogen-bond acceptors (Lipinski definition) is 4. The number of carbonyl (C=O) groups is 1. The van der Waals surface area contributed by atoms with E-state index in [-0.39, 0.29) is 5.56 Å². The molecule has 0 aliphatic rings. The first kappa shape index (κ1) is 11.8.